The molecule has 0 radical (unpaired) electrons. The van der Waals surface area contributed by atoms with Gasteiger partial charge in [0.05, 0.1) is 12.8 Å². The number of carbonyl (C=O) groups excluding carboxylic acids is 2. The van der Waals surface area contributed by atoms with E-state index < -0.39 is 0 Å². The van der Waals surface area contributed by atoms with Gasteiger partial charge in [-0.05, 0) is 42.2 Å². The lowest BCUT2D eigenvalue weighted by atomic mass is 10.1. The third-order valence-electron chi connectivity index (χ3n) is 4.48. The summed E-state index contributed by atoms with van der Waals surface area (Å²) in [6, 6.07) is 11.1. The molecule has 126 valence electrons. The van der Waals surface area contributed by atoms with Gasteiger partial charge in [-0.3, -0.25) is 9.59 Å². The Bertz CT molecular complexity index is 707. The quantitative estimate of drug-likeness (QED) is 0.888. The lowest BCUT2D eigenvalue weighted by molar-refractivity contribution is -0.134. The van der Waals surface area contributed by atoms with E-state index in [1.807, 2.05) is 29.2 Å². The molecular formula is C19H22N2O3. The Morgan fingerprint density at radius 3 is 2.46 bits per heavy atom. The SMILES string of the molecule is CNC(=O)c1ccc(CN(Cc2ccco2)C(=O)C2CC2C)cc1. The summed E-state index contributed by atoms with van der Waals surface area (Å²) in [6.45, 7) is 3.08. The largest absolute Gasteiger partial charge is 0.467 e. The van der Waals surface area contributed by atoms with Gasteiger partial charge in [0.25, 0.3) is 5.91 Å². The van der Waals surface area contributed by atoms with E-state index in [1.165, 1.54) is 0 Å². The van der Waals surface area contributed by atoms with E-state index in [1.54, 1.807) is 25.4 Å². The predicted octanol–water partition coefficient (Wildman–Crippen LogP) is 2.82. The van der Waals surface area contributed by atoms with E-state index >= 15 is 0 Å². The molecule has 1 fully saturated rings. The number of nitrogens with one attached hydrogen (secondary N) is 1. The molecule has 1 saturated carbocycles. The van der Waals surface area contributed by atoms with Crippen LogP contribution in [0.2, 0.25) is 0 Å². The van der Waals surface area contributed by atoms with Crippen LogP contribution >= 0.6 is 0 Å². The van der Waals surface area contributed by atoms with E-state index in [4.69, 9.17) is 4.42 Å². The second kappa shape index (κ2) is 6.91. The Kier molecular flexibility index (Phi) is 4.69. The van der Waals surface area contributed by atoms with Crippen molar-refractivity contribution in [2.75, 3.05) is 7.05 Å². The maximum absolute atomic E-state index is 12.7. The van der Waals surface area contributed by atoms with Crippen LogP contribution in [0.3, 0.4) is 0 Å². The fourth-order valence-corrected chi connectivity index (χ4v) is 2.83. The zero-order valence-electron chi connectivity index (χ0n) is 14.0. The third-order valence-corrected chi connectivity index (χ3v) is 4.48. The lowest BCUT2D eigenvalue weighted by Gasteiger charge is -2.22. The van der Waals surface area contributed by atoms with Crippen molar-refractivity contribution in [3.63, 3.8) is 0 Å². The van der Waals surface area contributed by atoms with Crippen molar-refractivity contribution >= 4 is 11.8 Å². The highest BCUT2D eigenvalue weighted by molar-refractivity contribution is 5.93. The summed E-state index contributed by atoms with van der Waals surface area (Å²) in [5.74, 6) is 1.43. The van der Waals surface area contributed by atoms with Crippen molar-refractivity contribution in [3.05, 3.63) is 59.5 Å². The number of carbonyl (C=O) groups is 2. The van der Waals surface area contributed by atoms with E-state index in [0.29, 0.717) is 24.6 Å². The van der Waals surface area contributed by atoms with Crippen molar-refractivity contribution < 1.29 is 14.0 Å². The number of benzene rings is 1. The van der Waals surface area contributed by atoms with Gasteiger partial charge in [-0.2, -0.15) is 0 Å². The van der Waals surface area contributed by atoms with Gasteiger partial charge in [0.15, 0.2) is 0 Å². The molecule has 1 aliphatic rings. The lowest BCUT2D eigenvalue weighted by Crippen LogP contribution is -2.31. The molecule has 1 aromatic heterocycles. The average molecular weight is 326 g/mol. The standard InChI is InChI=1S/C19H22N2O3/c1-13-10-17(13)19(23)21(12-16-4-3-9-24-16)11-14-5-7-15(8-6-14)18(22)20-2/h3-9,13,17H,10-12H2,1-2H3,(H,20,22). The highest BCUT2D eigenvalue weighted by atomic mass is 16.3. The van der Waals surface area contributed by atoms with Crippen LogP contribution in [0.4, 0.5) is 0 Å². The molecule has 24 heavy (non-hydrogen) atoms. The van der Waals surface area contributed by atoms with Gasteiger partial charge in [0.2, 0.25) is 5.91 Å². The first kappa shape index (κ1) is 16.3. The van der Waals surface area contributed by atoms with E-state index in [-0.39, 0.29) is 17.7 Å². The molecule has 2 atom stereocenters. The number of furan rings is 1. The van der Waals surface area contributed by atoms with Crippen molar-refractivity contribution in [1.29, 1.82) is 0 Å². The Labute approximate surface area is 141 Å². The van der Waals surface area contributed by atoms with Gasteiger partial charge in [-0.25, -0.2) is 0 Å². The average Bonchev–Trinajstić information content (AvgIpc) is 3.10. The summed E-state index contributed by atoms with van der Waals surface area (Å²) >= 11 is 0. The molecule has 1 heterocycles. The second-order valence-electron chi connectivity index (χ2n) is 6.37. The molecule has 5 heteroatoms. The third kappa shape index (κ3) is 3.67. The van der Waals surface area contributed by atoms with Crippen LogP contribution in [0.1, 0.15) is 35.0 Å². The normalized spacial score (nSPS) is 18.9. The Hall–Kier alpha value is -2.56. The molecule has 0 bridgehead atoms. The van der Waals surface area contributed by atoms with Crippen molar-refractivity contribution in [1.82, 2.24) is 10.2 Å². The van der Waals surface area contributed by atoms with Crippen molar-refractivity contribution in [3.8, 4) is 0 Å². The van der Waals surface area contributed by atoms with Crippen LogP contribution in [-0.2, 0) is 17.9 Å². The molecule has 2 unspecified atom stereocenters. The molecular weight excluding hydrogens is 304 g/mol. The Morgan fingerprint density at radius 2 is 1.92 bits per heavy atom. The molecule has 0 spiro atoms. The number of nitrogens with zero attached hydrogens (tertiary/aromatic N) is 1. The first-order chi connectivity index (χ1) is 11.6. The van der Waals surface area contributed by atoms with E-state index in [2.05, 4.69) is 12.2 Å². The number of amides is 2. The molecule has 1 aliphatic carbocycles. The van der Waals surface area contributed by atoms with Crippen molar-refractivity contribution in [2.24, 2.45) is 11.8 Å². The zero-order valence-corrected chi connectivity index (χ0v) is 14.0. The molecule has 1 aromatic carbocycles. The highest BCUT2D eigenvalue weighted by Gasteiger charge is 2.41. The summed E-state index contributed by atoms with van der Waals surface area (Å²) in [4.78, 5) is 26.1. The predicted molar refractivity (Wildman–Crippen MR) is 90.1 cm³/mol. The van der Waals surface area contributed by atoms with Gasteiger partial charge in [0, 0.05) is 25.1 Å². The topological polar surface area (TPSA) is 62.6 Å². The number of hydrogen-bond donors (Lipinski definition) is 1. The van der Waals surface area contributed by atoms with Crippen LogP contribution in [0.25, 0.3) is 0 Å². The van der Waals surface area contributed by atoms with Crippen LogP contribution in [0, 0.1) is 11.8 Å². The zero-order chi connectivity index (χ0) is 17.1. The Morgan fingerprint density at radius 1 is 1.21 bits per heavy atom. The number of rotatable bonds is 6. The van der Waals surface area contributed by atoms with Crippen LogP contribution in [0.15, 0.2) is 47.1 Å². The molecule has 0 aliphatic heterocycles. The van der Waals surface area contributed by atoms with Crippen LogP contribution < -0.4 is 5.32 Å². The monoisotopic (exact) mass is 326 g/mol. The smallest absolute Gasteiger partial charge is 0.251 e. The summed E-state index contributed by atoms with van der Waals surface area (Å²) in [6.07, 6.45) is 2.58. The van der Waals surface area contributed by atoms with Gasteiger partial charge in [-0.15, -0.1) is 0 Å². The molecule has 1 N–H and O–H groups in total. The minimum atomic E-state index is -0.114. The van der Waals surface area contributed by atoms with E-state index in [0.717, 1.165) is 17.7 Å². The second-order valence-corrected chi connectivity index (χ2v) is 6.37. The molecule has 2 amide bonds. The fraction of sp³-hybridized carbons (Fsp3) is 0.368. The maximum Gasteiger partial charge on any atom is 0.251 e. The number of hydrogen-bond acceptors (Lipinski definition) is 3. The van der Waals surface area contributed by atoms with Gasteiger partial charge in [-0.1, -0.05) is 19.1 Å². The first-order valence-electron chi connectivity index (χ1n) is 8.20. The summed E-state index contributed by atoms with van der Waals surface area (Å²) < 4.78 is 5.40. The van der Waals surface area contributed by atoms with Gasteiger partial charge >= 0.3 is 0 Å². The minimum Gasteiger partial charge on any atom is -0.467 e. The van der Waals surface area contributed by atoms with E-state index in [9.17, 15) is 9.59 Å². The molecule has 3 rings (SSSR count). The van der Waals surface area contributed by atoms with Crippen molar-refractivity contribution in [2.45, 2.75) is 26.4 Å². The highest BCUT2D eigenvalue weighted by Crippen LogP contribution is 2.39. The molecule has 5 nitrogen and oxygen atoms in total. The summed E-state index contributed by atoms with van der Waals surface area (Å²) in [5, 5.41) is 2.60. The minimum absolute atomic E-state index is 0.114. The van der Waals surface area contributed by atoms with Crippen LogP contribution in [-0.4, -0.2) is 23.8 Å². The Balaban J connectivity index is 1.73. The molecule has 2 aromatic rings. The maximum atomic E-state index is 12.7. The first-order valence-corrected chi connectivity index (χ1v) is 8.20. The van der Waals surface area contributed by atoms with Gasteiger partial charge in [0.1, 0.15) is 5.76 Å². The fourth-order valence-electron chi connectivity index (χ4n) is 2.83. The van der Waals surface area contributed by atoms with Gasteiger partial charge < -0.3 is 14.6 Å². The summed E-state index contributed by atoms with van der Waals surface area (Å²) in [5.41, 5.74) is 1.61. The van der Waals surface area contributed by atoms with Crippen LogP contribution in [0.5, 0.6) is 0 Å². The molecule has 0 saturated heterocycles. The summed E-state index contributed by atoms with van der Waals surface area (Å²) in [7, 11) is 1.61.